The third-order valence-electron chi connectivity index (χ3n) is 3.86. The Bertz CT molecular complexity index is 544. The van der Waals surface area contributed by atoms with Gasteiger partial charge in [0.2, 0.25) is 0 Å². The van der Waals surface area contributed by atoms with Gasteiger partial charge in [-0.1, -0.05) is 15.9 Å². The first kappa shape index (κ1) is 14.8. The summed E-state index contributed by atoms with van der Waals surface area (Å²) >= 11 is 3.55. The number of nitrogens with zero attached hydrogens (tertiary/aromatic N) is 2. The number of amides is 1. The van der Waals surface area contributed by atoms with Gasteiger partial charge in [0.1, 0.15) is 5.75 Å². The van der Waals surface area contributed by atoms with Gasteiger partial charge in [-0.25, -0.2) is 0 Å². The molecule has 3 rings (SSSR count). The number of hydrogen-bond donors (Lipinski definition) is 0. The van der Waals surface area contributed by atoms with Crippen molar-refractivity contribution in [2.24, 2.45) is 0 Å². The Kier molecular flexibility index (Phi) is 4.47. The van der Waals surface area contributed by atoms with E-state index in [9.17, 15) is 4.79 Å². The number of likely N-dealkylation sites (N-methyl/N-ethyl adjacent to an activating group) is 1. The molecule has 0 radical (unpaired) electrons. The predicted molar refractivity (Wildman–Crippen MR) is 83.8 cm³/mol. The van der Waals surface area contributed by atoms with E-state index in [0.29, 0.717) is 6.54 Å². The molecule has 1 saturated heterocycles. The van der Waals surface area contributed by atoms with E-state index in [-0.39, 0.29) is 12.5 Å². The van der Waals surface area contributed by atoms with Gasteiger partial charge in [-0.3, -0.25) is 9.69 Å². The Morgan fingerprint density at radius 3 is 2.76 bits per heavy atom. The molecule has 0 atom stereocenters. The molecule has 2 aliphatic rings. The minimum absolute atomic E-state index is 0.0143. The maximum atomic E-state index is 12.0. The van der Waals surface area contributed by atoms with Crippen LogP contribution in [0.3, 0.4) is 0 Å². The highest BCUT2D eigenvalue weighted by Crippen LogP contribution is 2.38. The lowest BCUT2D eigenvalue weighted by atomic mass is 10.1. The van der Waals surface area contributed by atoms with E-state index in [1.165, 1.54) is 0 Å². The number of rotatable bonds is 3. The molecule has 21 heavy (non-hydrogen) atoms. The van der Waals surface area contributed by atoms with Crippen molar-refractivity contribution in [2.75, 3.05) is 44.4 Å². The number of morpholine rings is 1. The van der Waals surface area contributed by atoms with Crippen LogP contribution >= 0.6 is 15.9 Å². The van der Waals surface area contributed by atoms with E-state index >= 15 is 0 Å². The quantitative estimate of drug-likeness (QED) is 0.832. The molecular weight excluding hydrogens is 336 g/mol. The summed E-state index contributed by atoms with van der Waals surface area (Å²) in [6.07, 6.45) is 0. The third kappa shape index (κ3) is 3.07. The lowest BCUT2D eigenvalue weighted by Gasteiger charge is -2.32. The average molecular weight is 355 g/mol. The van der Waals surface area contributed by atoms with Crippen LogP contribution in [0.25, 0.3) is 0 Å². The van der Waals surface area contributed by atoms with Crippen molar-refractivity contribution in [2.45, 2.75) is 13.5 Å². The highest BCUT2D eigenvalue weighted by atomic mass is 79.9. The van der Waals surface area contributed by atoms with E-state index in [0.717, 1.165) is 54.3 Å². The van der Waals surface area contributed by atoms with Crippen LogP contribution in [0.1, 0.15) is 12.5 Å². The molecular formula is C15H19BrN2O3. The molecule has 0 spiro atoms. The fraction of sp³-hybridized carbons (Fsp3) is 0.533. The molecule has 0 aliphatic carbocycles. The van der Waals surface area contributed by atoms with Gasteiger partial charge in [-0.05, 0) is 19.1 Å². The van der Waals surface area contributed by atoms with Gasteiger partial charge in [-0.2, -0.15) is 0 Å². The normalized spacial score (nSPS) is 19.3. The Morgan fingerprint density at radius 2 is 2.05 bits per heavy atom. The second kappa shape index (κ2) is 6.34. The number of ether oxygens (including phenoxy) is 2. The second-order valence-electron chi connectivity index (χ2n) is 5.23. The molecule has 5 nitrogen and oxygen atoms in total. The molecule has 114 valence electrons. The van der Waals surface area contributed by atoms with Crippen molar-refractivity contribution < 1.29 is 14.3 Å². The zero-order chi connectivity index (χ0) is 14.8. The highest BCUT2D eigenvalue weighted by molar-refractivity contribution is 9.10. The maximum absolute atomic E-state index is 12.0. The molecule has 6 heteroatoms. The minimum Gasteiger partial charge on any atom is -0.481 e. The first-order chi connectivity index (χ1) is 10.2. The zero-order valence-electron chi connectivity index (χ0n) is 12.1. The molecule has 2 aliphatic heterocycles. The molecule has 0 aromatic heterocycles. The Balaban J connectivity index is 1.92. The summed E-state index contributed by atoms with van der Waals surface area (Å²) < 4.78 is 12.1. The van der Waals surface area contributed by atoms with Gasteiger partial charge in [0.25, 0.3) is 5.91 Å². The predicted octanol–water partition coefficient (Wildman–Crippen LogP) is 2.03. The Morgan fingerprint density at radius 1 is 1.29 bits per heavy atom. The molecule has 0 unspecified atom stereocenters. The zero-order valence-corrected chi connectivity index (χ0v) is 13.7. The van der Waals surface area contributed by atoms with E-state index in [1.807, 2.05) is 13.0 Å². The van der Waals surface area contributed by atoms with Crippen LogP contribution in [0.2, 0.25) is 0 Å². The fourth-order valence-electron chi connectivity index (χ4n) is 2.81. The van der Waals surface area contributed by atoms with Crippen molar-refractivity contribution in [1.82, 2.24) is 4.90 Å². The maximum Gasteiger partial charge on any atom is 0.265 e. The van der Waals surface area contributed by atoms with Crippen LogP contribution in [0.4, 0.5) is 5.69 Å². The van der Waals surface area contributed by atoms with Crippen LogP contribution in [0.5, 0.6) is 5.75 Å². The van der Waals surface area contributed by atoms with Gasteiger partial charge < -0.3 is 14.4 Å². The van der Waals surface area contributed by atoms with E-state index < -0.39 is 0 Å². The van der Waals surface area contributed by atoms with Crippen molar-refractivity contribution in [1.29, 1.82) is 0 Å². The number of carbonyl (C=O) groups is 1. The summed E-state index contributed by atoms with van der Waals surface area (Å²) in [5.74, 6) is 0.853. The first-order valence-corrected chi connectivity index (χ1v) is 8.04. The van der Waals surface area contributed by atoms with Gasteiger partial charge in [0.05, 0.1) is 18.9 Å². The molecule has 1 amide bonds. The molecule has 0 saturated carbocycles. The van der Waals surface area contributed by atoms with Crippen LogP contribution in [0.15, 0.2) is 16.6 Å². The summed E-state index contributed by atoms with van der Waals surface area (Å²) in [6.45, 7) is 6.98. The third-order valence-corrected chi connectivity index (χ3v) is 4.31. The number of hydrogen-bond acceptors (Lipinski definition) is 4. The standard InChI is InChI=1S/C15H19BrN2O3/c1-2-18-13-8-12(16)7-11(15(13)21-10-14(18)19)9-17-3-5-20-6-4-17/h7-8H,2-6,9-10H2,1H3. The van der Waals surface area contributed by atoms with Crippen LogP contribution in [0, 0.1) is 0 Å². The van der Waals surface area contributed by atoms with Gasteiger partial charge in [0, 0.05) is 36.2 Å². The second-order valence-corrected chi connectivity index (χ2v) is 6.14. The summed E-state index contributed by atoms with van der Waals surface area (Å²) in [7, 11) is 0. The van der Waals surface area contributed by atoms with Crippen molar-refractivity contribution in [3.05, 3.63) is 22.2 Å². The number of benzene rings is 1. The number of carbonyl (C=O) groups excluding carboxylic acids is 1. The lowest BCUT2D eigenvalue weighted by molar-refractivity contribution is -0.121. The highest BCUT2D eigenvalue weighted by Gasteiger charge is 2.27. The minimum atomic E-state index is 0.0143. The molecule has 1 aromatic carbocycles. The SMILES string of the molecule is CCN1C(=O)COc2c(CN3CCOCC3)cc(Br)cc21. The average Bonchev–Trinajstić information content (AvgIpc) is 2.48. The molecule has 1 fully saturated rings. The summed E-state index contributed by atoms with van der Waals surface area (Å²) in [4.78, 5) is 16.1. The Labute approximate surface area is 132 Å². The summed E-state index contributed by atoms with van der Waals surface area (Å²) in [5.41, 5.74) is 1.98. The molecule has 0 bridgehead atoms. The van der Waals surface area contributed by atoms with Gasteiger partial charge in [0.15, 0.2) is 6.61 Å². The number of anilines is 1. The first-order valence-electron chi connectivity index (χ1n) is 7.24. The topological polar surface area (TPSA) is 42.0 Å². The summed E-state index contributed by atoms with van der Waals surface area (Å²) in [6, 6.07) is 4.04. The Hall–Kier alpha value is -1.11. The fourth-order valence-corrected chi connectivity index (χ4v) is 3.31. The van der Waals surface area contributed by atoms with Crippen molar-refractivity contribution >= 4 is 27.5 Å². The summed E-state index contributed by atoms with van der Waals surface area (Å²) in [5, 5.41) is 0. The van der Waals surface area contributed by atoms with E-state index in [4.69, 9.17) is 9.47 Å². The molecule has 1 aromatic rings. The largest absolute Gasteiger partial charge is 0.481 e. The van der Waals surface area contributed by atoms with E-state index in [1.54, 1.807) is 4.90 Å². The molecule has 0 N–H and O–H groups in total. The smallest absolute Gasteiger partial charge is 0.265 e. The molecule has 2 heterocycles. The number of halogens is 1. The van der Waals surface area contributed by atoms with Gasteiger partial charge in [-0.15, -0.1) is 0 Å². The van der Waals surface area contributed by atoms with Crippen molar-refractivity contribution in [3.8, 4) is 5.75 Å². The van der Waals surface area contributed by atoms with E-state index in [2.05, 4.69) is 26.9 Å². The van der Waals surface area contributed by atoms with Gasteiger partial charge >= 0.3 is 0 Å². The van der Waals surface area contributed by atoms with Crippen LogP contribution in [-0.4, -0.2) is 50.3 Å². The van der Waals surface area contributed by atoms with Crippen LogP contribution in [-0.2, 0) is 16.1 Å². The number of fused-ring (bicyclic) bond motifs is 1. The van der Waals surface area contributed by atoms with Crippen molar-refractivity contribution in [3.63, 3.8) is 0 Å². The monoisotopic (exact) mass is 354 g/mol. The lowest BCUT2D eigenvalue weighted by Crippen LogP contribution is -2.39. The van der Waals surface area contributed by atoms with Crippen LogP contribution < -0.4 is 9.64 Å².